The zero-order valence-corrected chi connectivity index (χ0v) is 30.0. The average Bonchev–Trinajstić information content (AvgIpc) is 3.17. The minimum absolute atomic E-state index is 0.0318. The van der Waals surface area contributed by atoms with Gasteiger partial charge in [-0.15, -0.1) is 11.8 Å². The molecular formula is C41H39N3O7S. The molecule has 0 aliphatic carbocycles. The van der Waals surface area contributed by atoms with Crippen LogP contribution >= 0.6 is 11.8 Å². The minimum Gasteiger partial charge on any atom is -0.493 e. The van der Waals surface area contributed by atoms with E-state index in [4.69, 9.17) is 18.9 Å². The summed E-state index contributed by atoms with van der Waals surface area (Å²) >= 11 is 1.33. The smallest absolute Gasteiger partial charge is 0.272 e. The van der Waals surface area contributed by atoms with Gasteiger partial charge in [0.2, 0.25) is 11.7 Å². The number of ether oxygens (including phenoxy) is 4. The second-order valence-corrected chi connectivity index (χ2v) is 12.3. The zero-order chi connectivity index (χ0) is 36.9. The van der Waals surface area contributed by atoms with Gasteiger partial charge in [-0.05, 0) is 78.7 Å². The molecule has 0 aliphatic rings. The van der Waals surface area contributed by atoms with Crippen molar-refractivity contribution < 1.29 is 33.3 Å². The summed E-state index contributed by atoms with van der Waals surface area (Å²) in [5.74, 6) is 0.436. The summed E-state index contributed by atoms with van der Waals surface area (Å²) in [5.41, 5.74) is 2.68. The maximum atomic E-state index is 13.9. The Morgan fingerprint density at radius 3 is 2.02 bits per heavy atom. The van der Waals surface area contributed by atoms with Gasteiger partial charge in [0.05, 0.1) is 33.6 Å². The van der Waals surface area contributed by atoms with Crippen molar-refractivity contribution in [2.75, 3.05) is 38.6 Å². The average molecular weight is 718 g/mol. The van der Waals surface area contributed by atoms with E-state index < -0.39 is 17.1 Å². The highest BCUT2D eigenvalue weighted by Crippen LogP contribution is 2.40. The Kier molecular flexibility index (Phi) is 12.9. The lowest BCUT2D eigenvalue weighted by molar-refractivity contribution is -0.116. The van der Waals surface area contributed by atoms with E-state index in [1.807, 2.05) is 61.5 Å². The number of nitrogens with one attached hydrogen (secondary N) is 3. The normalized spacial score (nSPS) is 11.5. The van der Waals surface area contributed by atoms with Crippen molar-refractivity contribution >= 4 is 46.9 Å². The van der Waals surface area contributed by atoms with E-state index in [0.29, 0.717) is 52.1 Å². The van der Waals surface area contributed by atoms with Crippen LogP contribution in [0.25, 0.3) is 6.08 Å². The van der Waals surface area contributed by atoms with E-state index in [0.717, 1.165) is 10.5 Å². The second kappa shape index (κ2) is 18.2. The van der Waals surface area contributed by atoms with Crippen molar-refractivity contribution in [3.63, 3.8) is 0 Å². The molecule has 3 amide bonds. The molecule has 11 heteroatoms. The van der Waals surface area contributed by atoms with E-state index >= 15 is 0 Å². The van der Waals surface area contributed by atoms with Crippen LogP contribution in [0.4, 0.5) is 11.4 Å². The molecule has 10 nitrogen and oxygen atoms in total. The van der Waals surface area contributed by atoms with E-state index in [1.54, 1.807) is 66.7 Å². The number of benzene rings is 5. The fourth-order valence-corrected chi connectivity index (χ4v) is 6.31. The number of hydrogen-bond acceptors (Lipinski definition) is 8. The number of carbonyl (C=O) groups excluding carboxylic acids is 3. The summed E-state index contributed by atoms with van der Waals surface area (Å²) in [4.78, 5) is 41.7. The van der Waals surface area contributed by atoms with Crippen LogP contribution in [0.1, 0.15) is 33.7 Å². The van der Waals surface area contributed by atoms with Crippen LogP contribution in [-0.2, 0) is 9.59 Å². The van der Waals surface area contributed by atoms with E-state index in [9.17, 15) is 14.4 Å². The lowest BCUT2D eigenvalue weighted by atomic mass is 10.1. The molecule has 0 bridgehead atoms. The molecule has 0 saturated heterocycles. The van der Waals surface area contributed by atoms with Gasteiger partial charge in [-0.1, -0.05) is 66.7 Å². The molecule has 0 fully saturated rings. The molecule has 0 saturated carbocycles. The number of carbonyl (C=O) groups is 3. The van der Waals surface area contributed by atoms with Gasteiger partial charge < -0.3 is 34.9 Å². The molecule has 0 aromatic heterocycles. The van der Waals surface area contributed by atoms with Crippen LogP contribution < -0.4 is 34.9 Å². The second-order valence-electron chi connectivity index (χ2n) is 11.1. The summed E-state index contributed by atoms with van der Waals surface area (Å²) in [6.45, 7) is 2.34. The third-order valence-corrected chi connectivity index (χ3v) is 8.91. The predicted molar refractivity (Wildman–Crippen MR) is 204 cm³/mol. The fourth-order valence-electron chi connectivity index (χ4n) is 5.23. The lowest BCUT2D eigenvalue weighted by Crippen LogP contribution is -2.30. The zero-order valence-electron chi connectivity index (χ0n) is 29.2. The Bertz CT molecular complexity index is 2010. The van der Waals surface area contributed by atoms with Gasteiger partial charge in [-0.2, -0.15) is 0 Å². The van der Waals surface area contributed by atoms with Crippen LogP contribution in [0.15, 0.2) is 132 Å². The minimum atomic E-state index is -0.637. The molecule has 5 rings (SSSR count). The summed E-state index contributed by atoms with van der Waals surface area (Å²) in [7, 11) is 4.48. The van der Waals surface area contributed by atoms with Gasteiger partial charge in [0.1, 0.15) is 16.7 Å². The molecule has 0 heterocycles. The molecule has 0 spiro atoms. The number of methoxy groups -OCH3 is 3. The van der Waals surface area contributed by atoms with E-state index in [2.05, 4.69) is 16.0 Å². The molecule has 3 N–H and O–H groups in total. The maximum Gasteiger partial charge on any atom is 0.272 e. The number of rotatable bonds is 15. The molecule has 0 radical (unpaired) electrons. The highest BCUT2D eigenvalue weighted by Gasteiger charge is 2.24. The summed E-state index contributed by atoms with van der Waals surface area (Å²) < 4.78 is 22.1. The Morgan fingerprint density at radius 1 is 0.712 bits per heavy atom. The first-order chi connectivity index (χ1) is 25.3. The van der Waals surface area contributed by atoms with Crippen LogP contribution in [-0.4, -0.2) is 45.7 Å². The highest BCUT2D eigenvalue weighted by molar-refractivity contribution is 8.00. The Hall–Kier alpha value is -6.20. The highest BCUT2D eigenvalue weighted by atomic mass is 32.2. The van der Waals surface area contributed by atoms with Gasteiger partial charge in [-0.25, -0.2) is 0 Å². The molecule has 1 atom stereocenters. The van der Waals surface area contributed by atoms with Crippen molar-refractivity contribution in [1.82, 2.24) is 5.32 Å². The first kappa shape index (κ1) is 37.1. The number of hydrogen-bond donors (Lipinski definition) is 3. The van der Waals surface area contributed by atoms with Crippen LogP contribution in [0, 0.1) is 0 Å². The SMILES string of the molecule is CCOc1ccccc1NC(=O)C(Sc1cccc(NC(=O)/C(=C\c2cc(OC)c(OC)c(OC)c2)NC(=O)c2ccccc2)c1)c1ccccc1. The molecular weight excluding hydrogens is 679 g/mol. The standard InChI is InChI=1S/C41H39N3O7S/c1-5-51-34-22-13-12-21-32(34)43-41(47)38(28-15-8-6-9-16-28)52-31-20-14-19-30(26-31)42-40(46)33(44-39(45)29-17-10-7-11-18-29)23-27-24-35(48-2)37(50-4)36(25-27)49-3/h6-26,38H,5H2,1-4H3,(H,42,46)(H,43,47)(H,44,45)/b33-23+. The summed E-state index contributed by atoms with van der Waals surface area (Å²) in [6, 6.07) is 35.8. The number of amides is 3. The van der Waals surface area contributed by atoms with E-state index in [1.165, 1.54) is 39.2 Å². The van der Waals surface area contributed by atoms with Gasteiger partial charge in [-0.3, -0.25) is 14.4 Å². The Balaban J connectivity index is 1.43. The number of para-hydroxylation sites is 2. The van der Waals surface area contributed by atoms with Gasteiger partial charge in [0.25, 0.3) is 11.8 Å². The molecule has 0 aliphatic heterocycles. The number of thioether (sulfide) groups is 1. The van der Waals surface area contributed by atoms with Crippen molar-refractivity contribution in [2.45, 2.75) is 17.1 Å². The first-order valence-electron chi connectivity index (χ1n) is 16.4. The third kappa shape index (κ3) is 9.52. The molecule has 266 valence electrons. The van der Waals surface area contributed by atoms with Gasteiger partial charge in [0, 0.05) is 16.1 Å². The fraction of sp³-hybridized carbons (Fsp3) is 0.146. The lowest BCUT2D eigenvalue weighted by Gasteiger charge is -2.19. The topological polar surface area (TPSA) is 124 Å². The molecule has 5 aromatic rings. The van der Waals surface area contributed by atoms with Crippen LogP contribution in [0.2, 0.25) is 0 Å². The van der Waals surface area contributed by atoms with Crippen LogP contribution in [0.5, 0.6) is 23.0 Å². The van der Waals surface area contributed by atoms with Crippen LogP contribution in [0.3, 0.4) is 0 Å². The third-order valence-electron chi connectivity index (χ3n) is 7.66. The van der Waals surface area contributed by atoms with Gasteiger partial charge in [0.15, 0.2) is 11.5 Å². The predicted octanol–water partition coefficient (Wildman–Crippen LogP) is 7.99. The summed E-state index contributed by atoms with van der Waals surface area (Å²) in [6.07, 6.45) is 1.52. The van der Waals surface area contributed by atoms with Crippen molar-refractivity contribution in [3.05, 3.63) is 144 Å². The van der Waals surface area contributed by atoms with Gasteiger partial charge >= 0.3 is 0 Å². The first-order valence-corrected chi connectivity index (χ1v) is 17.2. The van der Waals surface area contributed by atoms with Crippen molar-refractivity contribution in [2.24, 2.45) is 0 Å². The number of anilines is 2. The van der Waals surface area contributed by atoms with Crippen molar-refractivity contribution in [3.8, 4) is 23.0 Å². The molecule has 52 heavy (non-hydrogen) atoms. The largest absolute Gasteiger partial charge is 0.493 e. The molecule has 5 aromatic carbocycles. The van der Waals surface area contributed by atoms with Crippen molar-refractivity contribution in [1.29, 1.82) is 0 Å². The quantitative estimate of drug-likeness (QED) is 0.0736. The maximum absolute atomic E-state index is 13.9. The van der Waals surface area contributed by atoms with E-state index in [-0.39, 0.29) is 11.6 Å². The summed E-state index contributed by atoms with van der Waals surface area (Å²) in [5, 5.41) is 8.05. The molecule has 1 unspecified atom stereocenters. The Morgan fingerprint density at radius 2 is 1.37 bits per heavy atom. The Labute approximate surface area is 307 Å². The monoisotopic (exact) mass is 717 g/mol.